The number of H-pyrrole nitrogens is 1. The number of hydrogen-bond acceptors (Lipinski definition) is 4. The number of amides is 1. The van der Waals surface area contributed by atoms with Crippen molar-refractivity contribution in [2.24, 2.45) is 16.7 Å². The summed E-state index contributed by atoms with van der Waals surface area (Å²) >= 11 is 0. The number of methoxy groups -OCH3 is 1. The molecule has 0 unspecified atom stereocenters. The van der Waals surface area contributed by atoms with Crippen LogP contribution in [0.3, 0.4) is 0 Å². The SMILES string of the molecule is COC(=O)[C@@]12CN(C(=O)c3cc(-c4ccccc4F)n[nH]3)C[C@@H]1C(C)(C)C2. The lowest BCUT2D eigenvalue weighted by Gasteiger charge is -2.54. The van der Waals surface area contributed by atoms with Gasteiger partial charge in [-0.05, 0) is 36.0 Å². The van der Waals surface area contributed by atoms with E-state index in [1.165, 1.54) is 13.2 Å². The number of carbonyl (C=O) groups is 2. The largest absolute Gasteiger partial charge is 0.469 e. The normalized spacial score (nSPS) is 25.6. The molecule has 1 aromatic carbocycles. The first kappa shape index (κ1) is 17.7. The lowest BCUT2D eigenvalue weighted by atomic mass is 9.48. The van der Waals surface area contributed by atoms with E-state index >= 15 is 0 Å². The number of aromatic nitrogens is 2. The maximum atomic E-state index is 14.0. The minimum absolute atomic E-state index is 0.0183. The number of rotatable bonds is 3. The van der Waals surface area contributed by atoms with Crippen molar-refractivity contribution in [2.45, 2.75) is 20.3 Å². The average molecular weight is 371 g/mol. The molecule has 1 amide bonds. The predicted octanol–water partition coefficient (Wildman–Crippen LogP) is 2.88. The van der Waals surface area contributed by atoms with Gasteiger partial charge in [-0.3, -0.25) is 14.7 Å². The van der Waals surface area contributed by atoms with E-state index in [1.54, 1.807) is 29.2 Å². The molecule has 2 aliphatic rings. The summed E-state index contributed by atoms with van der Waals surface area (Å²) in [5.74, 6) is -0.818. The molecular weight excluding hydrogens is 349 g/mol. The van der Waals surface area contributed by atoms with Crippen LogP contribution in [-0.4, -0.2) is 47.2 Å². The van der Waals surface area contributed by atoms with Crippen LogP contribution in [0.1, 0.15) is 30.8 Å². The van der Waals surface area contributed by atoms with E-state index in [9.17, 15) is 14.0 Å². The first-order valence-corrected chi connectivity index (χ1v) is 8.96. The van der Waals surface area contributed by atoms with Gasteiger partial charge in [0.25, 0.3) is 5.91 Å². The van der Waals surface area contributed by atoms with Crippen LogP contribution in [0.2, 0.25) is 0 Å². The number of aromatic amines is 1. The minimum Gasteiger partial charge on any atom is -0.469 e. The van der Waals surface area contributed by atoms with Gasteiger partial charge >= 0.3 is 5.97 Å². The van der Waals surface area contributed by atoms with Gasteiger partial charge in [0, 0.05) is 18.7 Å². The molecule has 142 valence electrons. The van der Waals surface area contributed by atoms with E-state index < -0.39 is 11.2 Å². The van der Waals surface area contributed by atoms with Crippen molar-refractivity contribution in [3.63, 3.8) is 0 Å². The van der Waals surface area contributed by atoms with Crippen molar-refractivity contribution in [2.75, 3.05) is 20.2 Å². The molecule has 7 heteroatoms. The van der Waals surface area contributed by atoms with Crippen molar-refractivity contribution in [1.29, 1.82) is 0 Å². The zero-order valence-corrected chi connectivity index (χ0v) is 15.6. The van der Waals surface area contributed by atoms with E-state index in [2.05, 4.69) is 24.0 Å². The first-order valence-electron chi connectivity index (χ1n) is 8.96. The van der Waals surface area contributed by atoms with Gasteiger partial charge in [-0.15, -0.1) is 0 Å². The highest BCUT2D eigenvalue weighted by molar-refractivity contribution is 5.94. The molecule has 1 aliphatic heterocycles. The number of nitrogens with zero attached hydrogens (tertiary/aromatic N) is 2. The van der Waals surface area contributed by atoms with Gasteiger partial charge in [0.1, 0.15) is 11.5 Å². The number of fused-ring (bicyclic) bond motifs is 1. The standard InChI is InChI=1S/C20H22FN3O3/c1-19(2)10-20(18(26)27-3)11-24(9-16(19)20)17(25)15-8-14(22-23-15)12-6-4-5-7-13(12)21/h4-8,16H,9-11H2,1-3H3,(H,22,23)/t16-,20+/m1/s1. The van der Waals surface area contributed by atoms with Gasteiger partial charge in [-0.25, -0.2) is 4.39 Å². The van der Waals surface area contributed by atoms with Gasteiger partial charge < -0.3 is 9.64 Å². The number of esters is 1. The molecule has 1 aliphatic carbocycles. The summed E-state index contributed by atoms with van der Waals surface area (Å²) < 4.78 is 19.0. The van der Waals surface area contributed by atoms with Crippen LogP contribution in [0.15, 0.2) is 30.3 Å². The fourth-order valence-electron chi connectivity index (χ4n) is 4.94. The Morgan fingerprint density at radius 1 is 1.33 bits per heavy atom. The Bertz CT molecular complexity index is 923. The Morgan fingerprint density at radius 3 is 2.74 bits per heavy atom. The van der Waals surface area contributed by atoms with Gasteiger partial charge in [-0.1, -0.05) is 26.0 Å². The molecule has 0 radical (unpaired) electrons. The zero-order valence-electron chi connectivity index (χ0n) is 15.6. The van der Waals surface area contributed by atoms with Crippen molar-refractivity contribution >= 4 is 11.9 Å². The molecule has 1 N–H and O–H groups in total. The van der Waals surface area contributed by atoms with E-state index in [4.69, 9.17) is 4.74 Å². The van der Waals surface area contributed by atoms with Crippen molar-refractivity contribution in [3.8, 4) is 11.3 Å². The minimum atomic E-state index is -0.623. The van der Waals surface area contributed by atoms with Crippen LogP contribution in [0.4, 0.5) is 4.39 Å². The van der Waals surface area contributed by atoms with E-state index in [-0.39, 0.29) is 28.9 Å². The van der Waals surface area contributed by atoms with E-state index in [0.29, 0.717) is 30.8 Å². The predicted molar refractivity (Wildman–Crippen MR) is 96.2 cm³/mol. The smallest absolute Gasteiger partial charge is 0.314 e. The molecule has 27 heavy (non-hydrogen) atoms. The van der Waals surface area contributed by atoms with Gasteiger partial charge in [0.15, 0.2) is 0 Å². The number of ether oxygens (including phenoxy) is 1. The van der Waals surface area contributed by atoms with E-state index in [1.807, 2.05) is 0 Å². The third-order valence-electron chi connectivity index (χ3n) is 6.09. The monoisotopic (exact) mass is 371 g/mol. The van der Waals surface area contributed by atoms with E-state index in [0.717, 1.165) is 0 Å². The Balaban J connectivity index is 1.58. The molecular formula is C20H22FN3O3. The summed E-state index contributed by atoms with van der Waals surface area (Å²) in [5, 5.41) is 6.80. The number of hydrogen-bond donors (Lipinski definition) is 1. The summed E-state index contributed by atoms with van der Waals surface area (Å²) in [5.41, 5.74) is 0.355. The molecule has 1 saturated heterocycles. The third kappa shape index (κ3) is 2.56. The quantitative estimate of drug-likeness (QED) is 0.842. The number of benzene rings is 1. The maximum absolute atomic E-state index is 14.0. The Morgan fingerprint density at radius 2 is 2.07 bits per heavy atom. The van der Waals surface area contributed by atoms with Crippen LogP contribution in [0, 0.1) is 22.6 Å². The third-order valence-corrected chi connectivity index (χ3v) is 6.09. The summed E-state index contributed by atoms with van der Waals surface area (Å²) in [6.45, 7) is 5.05. The highest BCUT2D eigenvalue weighted by Crippen LogP contribution is 2.63. The summed E-state index contributed by atoms with van der Waals surface area (Å²) in [6.07, 6.45) is 0.699. The summed E-state index contributed by atoms with van der Waals surface area (Å²) in [4.78, 5) is 27.0. The van der Waals surface area contributed by atoms with Gasteiger partial charge in [0.05, 0.1) is 18.2 Å². The molecule has 1 saturated carbocycles. The molecule has 0 spiro atoms. The molecule has 6 nitrogen and oxygen atoms in total. The Hall–Kier alpha value is -2.70. The van der Waals surface area contributed by atoms with Crippen LogP contribution in [0.5, 0.6) is 0 Å². The number of carbonyl (C=O) groups excluding carboxylic acids is 2. The second-order valence-electron chi connectivity index (χ2n) is 8.20. The molecule has 2 aromatic rings. The highest BCUT2D eigenvalue weighted by atomic mass is 19.1. The zero-order chi connectivity index (χ0) is 19.4. The van der Waals surface area contributed by atoms with Crippen LogP contribution < -0.4 is 0 Å². The fourth-order valence-corrected chi connectivity index (χ4v) is 4.94. The molecule has 2 fully saturated rings. The topological polar surface area (TPSA) is 75.3 Å². The molecule has 4 rings (SSSR count). The lowest BCUT2D eigenvalue weighted by Crippen LogP contribution is -2.57. The number of nitrogens with one attached hydrogen (secondary N) is 1. The van der Waals surface area contributed by atoms with Gasteiger partial charge in [-0.2, -0.15) is 5.10 Å². The van der Waals surface area contributed by atoms with Crippen molar-refractivity contribution < 1.29 is 18.7 Å². The Kier molecular flexibility index (Phi) is 3.87. The van der Waals surface area contributed by atoms with Crippen LogP contribution in [-0.2, 0) is 9.53 Å². The van der Waals surface area contributed by atoms with Gasteiger partial charge in [0.2, 0.25) is 0 Å². The summed E-state index contributed by atoms with van der Waals surface area (Å²) in [7, 11) is 1.39. The summed E-state index contributed by atoms with van der Waals surface area (Å²) in [6, 6.07) is 7.84. The average Bonchev–Trinajstić information content (AvgIpc) is 3.24. The fraction of sp³-hybridized carbons (Fsp3) is 0.450. The molecule has 0 bridgehead atoms. The Labute approximate surface area is 156 Å². The second kappa shape index (κ2) is 5.90. The maximum Gasteiger partial charge on any atom is 0.314 e. The number of halogens is 1. The van der Waals surface area contributed by atoms with Crippen molar-refractivity contribution in [3.05, 3.63) is 41.8 Å². The first-order chi connectivity index (χ1) is 12.8. The van der Waals surface area contributed by atoms with Crippen molar-refractivity contribution in [1.82, 2.24) is 15.1 Å². The lowest BCUT2D eigenvalue weighted by molar-refractivity contribution is -0.174. The molecule has 2 atom stereocenters. The molecule has 2 heterocycles. The number of likely N-dealkylation sites (tertiary alicyclic amines) is 1. The van der Waals surface area contributed by atoms with Crippen LogP contribution >= 0.6 is 0 Å². The van der Waals surface area contributed by atoms with Crippen LogP contribution in [0.25, 0.3) is 11.3 Å². The highest BCUT2D eigenvalue weighted by Gasteiger charge is 2.68. The second-order valence-corrected chi connectivity index (χ2v) is 8.20. The molecule has 1 aromatic heterocycles.